The maximum atomic E-state index is 5.07. The molecule has 0 spiro atoms. The smallest absolute Gasteiger partial charge is 0.188 e. The molecule has 0 saturated heterocycles. The first-order chi connectivity index (χ1) is 4.83. The lowest BCUT2D eigenvalue weighted by molar-refractivity contribution is 0.296. The van der Waals surface area contributed by atoms with E-state index < -0.39 is 0 Å². The molecule has 1 aliphatic rings. The minimum Gasteiger partial charge on any atom is -0.484 e. The van der Waals surface area contributed by atoms with Crippen LogP contribution in [0, 0.1) is 5.92 Å². The van der Waals surface area contributed by atoms with Gasteiger partial charge in [0.1, 0.15) is 0 Å². The van der Waals surface area contributed by atoms with Crippen LogP contribution in [0.5, 0.6) is 0 Å². The summed E-state index contributed by atoms with van der Waals surface area (Å²) in [6.07, 6.45) is 2.30. The summed E-state index contributed by atoms with van der Waals surface area (Å²) in [5.74, 6) is 1.56. The quantitative estimate of drug-likeness (QED) is 0.575. The van der Waals surface area contributed by atoms with Gasteiger partial charge in [0, 0.05) is 0 Å². The maximum Gasteiger partial charge on any atom is 0.188 e. The van der Waals surface area contributed by atoms with E-state index in [9.17, 15) is 0 Å². The monoisotopic (exact) mass is 141 g/mol. The van der Waals surface area contributed by atoms with Crippen LogP contribution in [0.1, 0.15) is 26.7 Å². The van der Waals surface area contributed by atoms with E-state index in [2.05, 4.69) is 18.8 Å². The molecule has 2 heteroatoms. The van der Waals surface area contributed by atoms with Gasteiger partial charge in [-0.25, -0.2) is 0 Å². The molecule has 0 aromatic heterocycles. The van der Waals surface area contributed by atoms with Crippen LogP contribution in [-0.2, 0) is 4.74 Å². The van der Waals surface area contributed by atoms with E-state index in [0.717, 1.165) is 18.7 Å². The van der Waals surface area contributed by atoms with Gasteiger partial charge in [-0.15, -0.1) is 0 Å². The van der Waals surface area contributed by atoms with Gasteiger partial charge < -0.3 is 4.74 Å². The standard InChI is InChI=1S/C8H15NO/c1-4-6-7(5-2)9-8(6)10-3/h6-7H,4-5H2,1-3H3/t6-,7+/m1/s1. The fraction of sp³-hybridized carbons (Fsp3) is 0.875. The predicted molar refractivity (Wildman–Crippen MR) is 42.3 cm³/mol. The summed E-state index contributed by atoms with van der Waals surface area (Å²) in [5.41, 5.74) is 0. The highest BCUT2D eigenvalue weighted by molar-refractivity contribution is 5.84. The summed E-state index contributed by atoms with van der Waals surface area (Å²) in [6, 6.07) is 0.542. The molecular weight excluding hydrogens is 126 g/mol. The van der Waals surface area contributed by atoms with Crippen molar-refractivity contribution in [3.05, 3.63) is 0 Å². The lowest BCUT2D eigenvalue weighted by atomic mass is 9.90. The number of nitrogens with zero attached hydrogens (tertiary/aromatic N) is 1. The van der Waals surface area contributed by atoms with Gasteiger partial charge in [0.25, 0.3) is 0 Å². The third kappa shape index (κ3) is 1.02. The molecule has 10 heavy (non-hydrogen) atoms. The summed E-state index contributed by atoms with van der Waals surface area (Å²) >= 11 is 0. The third-order valence-electron chi connectivity index (χ3n) is 2.14. The molecule has 0 saturated carbocycles. The van der Waals surface area contributed by atoms with Gasteiger partial charge in [-0.05, 0) is 12.8 Å². The molecule has 0 N–H and O–H groups in total. The predicted octanol–water partition coefficient (Wildman–Crippen LogP) is 1.85. The van der Waals surface area contributed by atoms with Crippen molar-refractivity contribution in [2.24, 2.45) is 10.9 Å². The van der Waals surface area contributed by atoms with Crippen LogP contribution in [0.4, 0.5) is 0 Å². The van der Waals surface area contributed by atoms with Crippen LogP contribution in [0.25, 0.3) is 0 Å². The van der Waals surface area contributed by atoms with Crippen LogP contribution in [0.2, 0.25) is 0 Å². The number of ether oxygens (including phenoxy) is 1. The first-order valence-corrected chi connectivity index (χ1v) is 3.95. The topological polar surface area (TPSA) is 21.6 Å². The molecule has 0 amide bonds. The molecule has 1 heterocycles. The average molecular weight is 141 g/mol. The molecule has 0 fully saturated rings. The molecule has 0 bridgehead atoms. The zero-order valence-corrected chi connectivity index (χ0v) is 6.92. The van der Waals surface area contributed by atoms with Crippen LogP contribution in [-0.4, -0.2) is 19.0 Å². The lowest BCUT2D eigenvalue weighted by Gasteiger charge is -2.31. The Labute approximate surface area is 62.3 Å². The highest BCUT2D eigenvalue weighted by Gasteiger charge is 2.32. The average Bonchev–Trinajstić information content (AvgIpc) is 1.89. The van der Waals surface area contributed by atoms with Gasteiger partial charge >= 0.3 is 0 Å². The Morgan fingerprint density at radius 1 is 1.40 bits per heavy atom. The normalized spacial score (nSPS) is 30.9. The summed E-state index contributed by atoms with van der Waals surface area (Å²) in [4.78, 5) is 4.31. The van der Waals surface area contributed by atoms with Gasteiger partial charge in [-0.3, -0.25) is 4.99 Å². The number of hydrogen-bond acceptors (Lipinski definition) is 2. The van der Waals surface area contributed by atoms with E-state index in [1.165, 1.54) is 0 Å². The number of rotatable bonds is 2. The second-order valence-corrected chi connectivity index (χ2v) is 2.66. The molecule has 0 unspecified atom stereocenters. The number of aliphatic imine (C=N–C) groups is 1. The molecule has 1 rings (SSSR count). The van der Waals surface area contributed by atoms with Crippen molar-refractivity contribution < 1.29 is 4.74 Å². The Balaban J connectivity index is 2.48. The minimum absolute atomic E-state index is 0.542. The molecule has 0 aromatic carbocycles. The maximum absolute atomic E-state index is 5.07. The van der Waals surface area contributed by atoms with Crippen molar-refractivity contribution in [2.75, 3.05) is 7.11 Å². The summed E-state index contributed by atoms with van der Waals surface area (Å²) < 4.78 is 5.07. The Hall–Kier alpha value is -0.530. The molecule has 1 aliphatic heterocycles. The van der Waals surface area contributed by atoms with E-state index in [0.29, 0.717) is 12.0 Å². The van der Waals surface area contributed by atoms with Crippen molar-refractivity contribution in [1.29, 1.82) is 0 Å². The molecule has 2 nitrogen and oxygen atoms in total. The Kier molecular flexibility index (Phi) is 2.30. The van der Waals surface area contributed by atoms with Crippen molar-refractivity contribution in [3.8, 4) is 0 Å². The van der Waals surface area contributed by atoms with Crippen molar-refractivity contribution in [3.63, 3.8) is 0 Å². The van der Waals surface area contributed by atoms with Crippen LogP contribution in [0.3, 0.4) is 0 Å². The lowest BCUT2D eigenvalue weighted by Crippen LogP contribution is -2.37. The first-order valence-electron chi connectivity index (χ1n) is 3.95. The summed E-state index contributed by atoms with van der Waals surface area (Å²) in [6.45, 7) is 4.35. The Morgan fingerprint density at radius 2 is 2.10 bits per heavy atom. The van der Waals surface area contributed by atoms with Crippen molar-refractivity contribution in [1.82, 2.24) is 0 Å². The summed E-state index contributed by atoms with van der Waals surface area (Å²) in [7, 11) is 1.70. The number of methoxy groups -OCH3 is 1. The minimum atomic E-state index is 0.542. The van der Waals surface area contributed by atoms with Crippen LogP contribution < -0.4 is 0 Å². The zero-order valence-electron chi connectivity index (χ0n) is 6.92. The van der Waals surface area contributed by atoms with E-state index >= 15 is 0 Å². The van der Waals surface area contributed by atoms with Gasteiger partial charge in [-0.1, -0.05) is 13.8 Å². The third-order valence-corrected chi connectivity index (χ3v) is 2.14. The second-order valence-electron chi connectivity index (χ2n) is 2.66. The van der Waals surface area contributed by atoms with Crippen LogP contribution >= 0.6 is 0 Å². The molecule has 0 aliphatic carbocycles. The molecule has 0 aromatic rings. The fourth-order valence-electron chi connectivity index (χ4n) is 1.46. The van der Waals surface area contributed by atoms with E-state index in [4.69, 9.17) is 4.74 Å². The van der Waals surface area contributed by atoms with Crippen molar-refractivity contribution >= 4 is 5.90 Å². The van der Waals surface area contributed by atoms with E-state index in [-0.39, 0.29) is 0 Å². The molecule has 58 valence electrons. The number of hydrogen-bond donors (Lipinski definition) is 0. The Morgan fingerprint density at radius 3 is 2.50 bits per heavy atom. The fourth-order valence-corrected chi connectivity index (χ4v) is 1.46. The second kappa shape index (κ2) is 3.04. The summed E-state index contributed by atoms with van der Waals surface area (Å²) in [5, 5.41) is 0. The van der Waals surface area contributed by atoms with Gasteiger partial charge in [0.2, 0.25) is 0 Å². The molecule has 2 atom stereocenters. The van der Waals surface area contributed by atoms with Crippen LogP contribution in [0.15, 0.2) is 4.99 Å². The highest BCUT2D eigenvalue weighted by atomic mass is 16.5. The highest BCUT2D eigenvalue weighted by Crippen LogP contribution is 2.26. The van der Waals surface area contributed by atoms with Gasteiger partial charge in [0.05, 0.1) is 19.1 Å². The first kappa shape index (κ1) is 7.58. The van der Waals surface area contributed by atoms with Gasteiger partial charge in [-0.2, -0.15) is 0 Å². The van der Waals surface area contributed by atoms with E-state index in [1.807, 2.05) is 0 Å². The van der Waals surface area contributed by atoms with Gasteiger partial charge in [0.15, 0.2) is 5.90 Å². The van der Waals surface area contributed by atoms with Crippen molar-refractivity contribution in [2.45, 2.75) is 32.7 Å². The molecule has 0 radical (unpaired) electrons. The molecular formula is C8H15NO. The zero-order chi connectivity index (χ0) is 7.56. The van der Waals surface area contributed by atoms with E-state index in [1.54, 1.807) is 7.11 Å². The SMILES string of the molecule is CC[C@@H]1N=C(OC)[C@@H]1CC. The largest absolute Gasteiger partial charge is 0.484 e. The Bertz CT molecular complexity index is 142.